The van der Waals surface area contributed by atoms with Gasteiger partial charge in [0.15, 0.2) is 0 Å². The number of rotatable bonds is 3. The van der Waals surface area contributed by atoms with E-state index in [0.717, 1.165) is 29.9 Å². The number of hydrogen-bond donors (Lipinski definition) is 1. The van der Waals surface area contributed by atoms with Crippen molar-refractivity contribution >= 4 is 15.9 Å². The lowest BCUT2D eigenvalue weighted by Crippen LogP contribution is -2.33. The van der Waals surface area contributed by atoms with Gasteiger partial charge in [-0.25, -0.2) is 0 Å². The van der Waals surface area contributed by atoms with Crippen LogP contribution >= 0.6 is 15.9 Å². The minimum atomic E-state index is 0.659. The predicted molar refractivity (Wildman–Crippen MR) is 74.7 cm³/mol. The van der Waals surface area contributed by atoms with Crippen molar-refractivity contribution in [2.45, 2.75) is 26.7 Å². The van der Waals surface area contributed by atoms with Crippen molar-refractivity contribution in [3.63, 3.8) is 0 Å². The fourth-order valence-electron chi connectivity index (χ4n) is 2.39. The zero-order valence-corrected chi connectivity index (χ0v) is 12.1. The minimum Gasteiger partial charge on any atom is -0.493 e. The van der Waals surface area contributed by atoms with Crippen LogP contribution < -0.4 is 10.1 Å². The molecule has 1 fully saturated rings. The van der Waals surface area contributed by atoms with Gasteiger partial charge in [0.05, 0.1) is 6.61 Å². The summed E-state index contributed by atoms with van der Waals surface area (Å²) in [5.74, 6) is 1.71. The molecule has 3 heteroatoms. The van der Waals surface area contributed by atoms with Crippen LogP contribution in [0.5, 0.6) is 5.75 Å². The lowest BCUT2D eigenvalue weighted by molar-refractivity contribution is 0.216. The topological polar surface area (TPSA) is 21.3 Å². The Labute approximate surface area is 112 Å². The molecule has 94 valence electrons. The molecule has 0 aliphatic carbocycles. The predicted octanol–water partition coefficient (Wildman–Crippen LogP) is 3.44. The molecule has 1 N–H and O–H groups in total. The summed E-state index contributed by atoms with van der Waals surface area (Å²) in [6.07, 6.45) is 2.55. The third-order valence-electron chi connectivity index (χ3n) is 3.29. The average Bonchev–Trinajstić information content (AvgIpc) is 2.29. The Hall–Kier alpha value is -0.540. The molecule has 1 atom stereocenters. The monoisotopic (exact) mass is 297 g/mol. The largest absolute Gasteiger partial charge is 0.493 e. The Morgan fingerprint density at radius 1 is 1.35 bits per heavy atom. The molecule has 1 heterocycles. The molecule has 0 bridgehead atoms. The Morgan fingerprint density at radius 2 is 2.06 bits per heavy atom. The van der Waals surface area contributed by atoms with E-state index in [2.05, 4.69) is 47.2 Å². The van der Waals surface area contributed by atoms with E-state index in [1.165, 1.54) is 24.0 Å². The normalized spacial score (nSPS) is 20.3. The van der Waals surface area contributed by atoms with Crippen LogP contribution in [0.3, 0.4) is 0 Å². The summed E-state index contributed by atoms with van der Waals surface area (Å²) in [7, 11) is 0. The molecule has 0 spiro atoms. The molecular formula is C14H20BrNO. The Bertz CT molecular complexity index is 363. The van der Waals surface area contributed by atoms with Crippen LogP contribution in [0.15, 0.2) is 16.6 Å². The molecule has 17 heavy (non-hydrogen) atoms. The quantitative estimate of drug-likeness (QED) is 0.923. The Morgan fingerprint density at radius 3 is 2.65 bits per heavy atom. The third-order valence-corrected chi connectivity index (χ3v) is 3.75. The smallest absolute Gasteiger partial charge is 0.125 e. The molecule has 0 radical (unpaired) electrons. The average molecular weight is 298 g/mol. The summed E-state index contributed by atoms with van der Waals surface area (Å²) in [5.41, 5.74) is 2.42. The van der Waals surface area contributed by atoms with Gasteiger partial charge in [0.2, 0.25) is 0 Å². The van der Waals surface area contributed by atoms with Gasteiger partial charge in [0.1, 0.15) is 5.75 Å². The number of hydrogen-bond acceptors (Lipinski definition) is 2. The number of benzene rings is 1. The van der Waals surface area contributed by atoms with Crippen LogP contribution in [0.2, 0.25) is 0 Å². The van der Waals surface area contributed by atoms with Crippen molar-refractivity contribution in [1.29, 1.82) is 0 Å². The van der Waals surface area contributed by atoms with Gasteiger partial charge in [-0.1, -0.05) is 15.9 Å². The van der Waals surface area contributed by atoms with Crippen LogP contribution in [0, 0.1) is 19.8 Å². The van der Waals surface area contributed by atoms with E-state index < -0.39 is 0 Å². The van der Waals surface area contributed by atoms with Gasteiger partial charge >= 0.3 is 0 Å². The van der Waals surface area contributed by atoms with Crippen molar-refractivity contribution in [3.05, 3.63) is 27.7 Å². The van der Waals surface area contributed by atoms with E-state index in [9.17, 15) is 0 Å². The molecule has 0 aromatic heterocycles. The second kappa shape index (κ2) is 5.87. The molecule has 2 rings (SSSR count). The van der Waals surface area contributed by atoms with Gasteiger partial charge < -0.3 is 10.1 Å². The highest BCUT2D eigenvalue weighted by molar-refractivity contribution is 9.10. The maximum absolute atomic E-state index is 6.00. The van der Waals surface area contributed by atoms with Crippen LogP contribution in [0.1, 0.15) is 24.0 Å². The standard InChI is InChI=1S/C14H20BrNO/c1-10-6-13(15)7-11(2)14(10)17-9-12-4-3-5-16-8-12/h6-7,12,16H,3-5,8-9H2,1-2H3/t12-/m1/s1. The van der Waals surface area contributed by atoms with Gasteiger partial charge in [-0.3, -0.25) is 0 Å². The summed E-state index contributed by atoms with van der Waals surface area (Å²) >= 11 is 3.51. The third kappa shape index (κ3) is 3.46. The first kappa shape index (κ1) is 12.9. The van der Waals surface area contributed by atoms with Gasteiger partial charge in [0.25, 0.3) is 0 Å². The molecule has 0 saturated carbocycles. The summed E-state index contributed by atoms with van der Waals surface area (Å²) in [6.45, 7) is 7.29. The fraction of sp³-hybridized carbons (Fsp3) is 0.571. The zero-order valence-electron chi connectivity index (χ0n) is 10.6. The van der Waals surface area contributed by atoms with E-state index in [4.69, 9.17) is 4.74 Å². The second-order valence-corrected chi connectivity index (χ2v) is 5.81. The number of nitrogens with one attached hydrogen (secondary N) is 1. The molecule has 0 amide bonds. The van der Waals surface area contributed by atoms with Crippen molar-refractivity contribution in [2.24, 2.45) is 5.92 Å². The first-order valence-corrected chi connectivity index (χ1v) is 7.06. The molecule has 0 unspecified atom stereocenters. The lowest BCUT2D eigenvalue weighted by Gasteiger charge is -2.23. The highest BCUT2D eigenvalue weighted by atomic mass is 79.9. The SMILES string of the molecule is Cc1cc(Br)cc(C)c1OC[C@@H]1CCCNC1. The van der Waals surface area contributed by atoms with Gasteiger partial charge in [-0.2, -0.15) is 0 Å². The van der Waals surface area contributed by atoms with Gasteiger partial charge in [0, 0.05) is 16.9 Å². The van der Waals surface area contributed by atoms with Crippen LogP contribution in [0.25, 0.3) is 0 Å². The number of halogens is 1. The lowest BCUT2D eigenvalue weighted by atomic mass is 10.0. The van der Waals surface area contributed by atoms with E-state index in [1.54, 1.807) is 0 Å². The second-order valence-electron chi connectivity index (χ2n) is 4.89. The first-order chi connectivity index (χ1) is 8.16. The van der Waals surface area contributed by atoms with E-state index in [-0.39, 0.29) is 0 Å². The molecule has 1 aliphatic heterocycles. The van der Waals surface area contributed by atoms with Crippen molar-refractivity contribution in [2.75, 3.05) is 19.7 Å². The van der Waals surface area contributed by atoms with E-state index in [0.29, 0.717) is 5.92 Å². The molecule has 2 nitrogen and oxygen atoms in total. The summed E-state index contributed by atoms with van der Waals surface area (Å²) in [4.78, 5) is 0. The van der Waals surface area contributed by atoms with Gasteiger partial charge in [-0.05, 0) is 56.5 Å². The maximum atomic E-state index is 6.00. The summed E-state index contributed by atoms with van der Waals surface area (Å²) < 4.78 is 7.13. The van der Waals surface area contributed by atoms with Crippen molar-refractivity contribution in [3.8, 4) is 5.75 Å². The van der Waals surface area contributed by atoms with Crippen LogP contribution in [0.4, 0.5) is 0 Å². The Balaban J connectivity index is 1.98. The van der Waals surface area contributed by atoms with Crippen molar-refractivity contribution < 1.29 is 4.74 Å². The highest BCUT2D eigenvalue weighted by Gasteiger charge is 2.14. The van der Waals surface area contributed by atoms with Crippen LogP contribution in [-0.2, 0) is 0 Å². The van der Waals surface area contributed by atoms with Gasteiger partial charge in [-0.15, -0.1) is 0 Å². The summed E-state index contributed by atoms with van der Waals surface area (Å²) in [5, 5.41) is 3.42. The first-order valence-electron chi connectivity index (χ1n) is 6.27. The maximum Gasteiger partial charge on any atom is 0.125 e. The molecule has 1 aromatic rings. The number of piperidine rings is 1. The highest BCUT2D eigenvalue weighted by Crippen LogP contribution is 2.28. The van der Waals surface area contributed by atoms with E-state index in [1.807, 2.05) is 0 Å². The summed E-state index contributed by atoms with van der Waals surface area (Å²) in [6, 6.07) is 4.23. The molecule has 1 aromatic carbocycles. The zero-order chi connectivity index (χ0) is 12.3. The number of ether oxygens (including phenoxy) is 1. The van der Waals surface area contributed by atoms with Crippen molar-refractivity contribution in [1.82, 2.24) is 5.32 Å². The molecule has 1 aliphatic rings. The van der Waals surface area contributed by atoms with E-state index >= 15 is 0 Å². The molecular weight excluding hydrogens is 278 g/mol. The Kier molecular flexibility index (Phi) is 4.46. The number of aryl methyl sites for hydroxylation is 2. The van der Waals surface area contributed by atoms with Crippen LogP contribution in [-0.4, -0.2) is 19.7 Å². The minimum absolute atomic E-state index is 0.659. The molecule has 1 saturated heterocycles. The fourth-order valence-corrected chi connectivity index (χ4v) is 3.08.